The first-order valence-corrected chi connectivity index (χ1v) is 7.66. The van der Waals surface area contributed by atoms with Gasteiger partial charge in [0.1, 0.15) is 0 Å². The molecule has 23 heavy (non-hydrogen) atoms. The zero-order chi connectivity index (χ0) is 16.6. The van der Waals surface area contributed by atoms with E-state index in [1.54, 1.807) is 31.2 Å². The molecular formula is C18H16ClNO3. The minimum Gasteiger partial charge on any atom is -0.445 e. The smallest absolute Gasteiger partial charge is 0.339 e. The molecule has 4 nitrogen and oxygen atoms in total. The van der Waals surface area contributed by atoms with Crippen LogP contribution in [0.25, 0.3) is 0 Å². The zero-order valence-corrected chi connectivity index (χ0v) is 13.6. The van der Waals surface area contributed by atoms with E-state index < -0.39 is 11.6 Å². The fourth-order valence-corrected chi connectivity index (χ4v) is 2.81. The van der Waals surface area contributed by atoms with Crippen LogP contribution in [0.3, 0.4) is 0 Å². The van der Waals surface area contributed by atoms with Gasteiger partial charge >= 0.3 is 5.97 Å². The summed E-state index contributed by atoms with van der Waals surface area (Å²) in [4.78, 5) is 24.8. The maximum atomic E-state index is 12.7. The van der Waals surface area contributed by atoms with Crippen molar-refractivity contribution in [2.75, 3.05) is 5.32 Å². The number of carbonyl (C=O) groups is 2. The average Bonchev–Trinajstić information content (AvgIpc) is 2.51. The van der Waals surface area contributed by atoms with Crippen molar-refractivity contribution in [3.8, 4) is 0 Å². The Morgan fingerprint density at radius 2 is 2.00 bits per heavy atom. The minimum atomic E-state index is -1.25. The number of carbonyl (C=O) groups excluding carboxylic acids is 2. The van der Waals surface area contributed by atoms with Gasteiger partial charge in [0.15, 0.2) is 5.60 Å². The first-order valence-electron chi connectivity index (χ1n) is 7.28. The van der Waals surface area contributed by atoms with Crippen molar-refractivity contribution in [3.05, 3.63) is 64.2 Å². The summed E-state index contributed by atoms with van der Waals surface area (Å²) < 4.78 is 5.42. The third-order valence-electron chi connectivity index (χ3n) is 4.01. The standard InChI is InChI=1S/C18H16ClNO3/c1-11-7-8-13(19)9-15(11)20-17(22)18(2)10-12-5-3-4-6-14(12)16(21)23-18/h3-9H,10H2,1-2H3,(H,20,22). The number of aryl methyl sites for hydroxylation is 1. The van der Waals surface area contributed by atoms with Gasteiger partial charge in [0.05, 0.1) is 5.56 Å². The Kier molecular flexibility index (Phi) is 3.86. The zero-order valence-electron chi connectivity index (χ0n) is 12.9. The second-order valence-electron chi connectivity index (χ2n) is 5.87. The van der Waals surface area contributed by atoms with Crippen LogP contribution in [0, 0.1) is 6.92 Å². The predicted molar refractivity (Wildman–Crippen MR) is 88.8 cm³/mol. The summed E-state index contributed by atoms with van der Waals surface area (Å²) in [5.74, 6) is -0.849. The molecule has 5 heteroatoms. The third kappa shape index (κ3) is 2.94. The molecule has 1 aliphatic heterocycles. The van der Waals surface area contributed by atoms with E-state index >= 15 is 0 Å². The number of benzene rings is 2. The summed E-state index contributed by atoms with van der Waals surface area (Å²) in [7, 11) is 0. The lowest BCUT2D eigenvalue weighted by atomic mass is 9.89. The van der Waals surface area contributed by atoms with Crippen LogP contribution in [-0.2, 0) is 16.0 Å². The van der Waals surface area contributed by atoms with Gasteiger partial charge in [-0.2, -0.15) is 0 Å². The summed E-state index contributed by atoms with van der Waals surface area (Å²) in [6.07, 6.45) is 0.334. The third-order valence-corrected chi connectivity index (χ3v) is 4.25. The number of cyclic esters (lactones) is 1. The molecule has 0 aliphatic carbocycles. The lowest BCUT2D eigenvalue weighted by Gasteiger charge is -2.33. The van der Waals surface area contributed by atoms with Crippen molar-refractivity contribution in [1.29, 1.82) is 0 Å². The molecule has 0 saturated carbocycles. The van der Waals surface area contributed by atoms with E-state index in [1.807, 2.05) is 25.1 Å². The van der Waals surface area contributed by atoms with Crippen LogP contribution in [0.5, 0.6) is 0 Å². The highest BCUT2D eigenvalue weighted by atomic mass is 35.5. The van der Waals surface area contributed by atoms with E-state index in [2.05, 4.69) is 5.32 Å². The lowest BCUT2D eigenvalue weighted by Crippen LogP contribution is -2.49. The summed E-state index contributed by atoms with van der Waals surface area (Å²) in [5, 5.41) is 3.34. The molecule has 1 N–H and O–H groups in total. The largest absolute Gasteiger partial charge is 0.445 e. The number of hydrogen-bond donors (Lipinski definition) is 1. The summed E-state index contributed by atoms with van der Waals surface area (Å²) >= 11 is 5.97. The van der Waals surface area contributed by atoms with Crippen molar-refractivity contribution < 1.29 is 14.3 Å². The number of ether oxygens (including phenoxy) is 1. The van der Waals surface area contributed by atoms with E-state index in [9.17, 15) is 9.59 Å². The maximum absolute atomic E-state index is 12.7. The van der Waals surface area contributed by atoms with E-state index in [0.29, 0.717) is 22.7 Å². The average molecular weight is 330 g/mol. The summed E-state index contributed by atoms with van der Waals surface area (Å²) in [6.45, 7) is 3.49. The molecule has 2 aromatic rings. The number of hydrogen-bond acceptors (Lipinski definition) is 3. The molecule has 0 bridgehead atoms. The normalized spacial score (nSPS) is 19.7. The van der Waals surface area contributed by atoms with Crippen molar-refractivity contribution >= 4 is 29.2 Å². The fraction of sp³-hybridized carbons (Fsp3) is 0.222. The Balaban J connectivity index is 1.88. The van der Waals surface area contributed by atoms with Crippen molar-refractivity contribution in [1.82, 2.24) is 0 Å². The molecule has 1 amide bonds. The number of fused-ring (bicyclic) bond motifs is 1. The Bertz CT molecular complexity index is 803. The molecule has 0 aromatic heterocycles. The molecule has 1 heterocycles. The molecular weight excluding hydrogens is 314 g/mol. The van der Waals surface area contributed by atoms with Gasteiger partial charge in [-0.3, -0.25) is 4.79 Å². The van der Waals surface area contributed by atoms with Gasteiger partial charge < -0.3 is 10.1 Å². The number of esters is 1. The quantitative estimate of drug-likeness (QED) is 0.853. The first kappa shape index (κ1) is 15.6. The maximum Gasteiger partial charge on any atom is 0.339 e. The molecule has 1 unspecified atom stereocenters. The molecule has 118 valence electrons. The SMILES string of the molecule is Cc1ccc(Cl)cc1NC(=O)C1(C)Cc2ccccc2C(=O)O1. The highest BCUT2D eigenvalue weighted by Crippen LogP contribution is 2.30. The van der Waals surface area contributed by atoms with Gasteiger partial charge in [0, 0.05) is 17.1 Å². The number of anilines is 1. The van der Waals surface area contributed by atoms with Crippen LogP contribution in [0.15, 0.2) is 42.5 Å². The van der Waals surface area contributed by atoms with Crippen LogP contribution in [-0.4, -0.2) is 17.5 Å². The second kappa shape index (κ2) is 5.70. The van der Waals surface area contributed by atoms with Gasteiger partial charge in [-0.05, 0) is 43.2 Å². The predicted octanol–water partition coefficient (Wildman–Crippen LogP) is 3.76. The Hall–Kier alpha value is -2.33. The summed E-state index contributed by atoms with van der Waals surface area (Å²) in [5.41, 5.74) is 1.56. The first-order chi connectivity index (χ1) is 10.9. The molecule has 0 fully saturated rings. The van der Waals surface area contributed by atoms with E-state index in [-0.39, 0.29) is 5.91 Å². The number of nitrogens with one attached hydrogen (secondary N) is 1. The number of amides is 1. The van der Waals surface area contributed by atoms with E-state index in [4.69, 9.17) is 16.3 Å². The van der Waals surface area contributed by atoms with Gasteiger partial charge in [0.2, 0.25) is 0 Å². The molecule has 3 rings (SSSR count). The monoisotopic (exact) mass is 329 g/mol. The molecule has 1 atom stereocenters. The van der Waals surface area contributed by atoms with Crippen LogP contribution in [0.2, 0.25) is 5.02 Å². The van der Waals surface area contributed by atoms with E-state index in [1.165, 1.54) is 0 Å². The van der Waals surface area contributed by atoms with Crippen molar-refractivity contribution in [2.24, 2.45) is 0 Å². The van der Waals surface area contributed by atoms with Crippen molar-refractivity contribution in [3.63, 3.8) is 0 Å². The number of halogens is 1. The van der Waals surface area contributed by atoms with Crippen LogP contribution in [0.1, 0.15) is 28.4 Å². The van der Waals surface area contributed by atoms with Gasteiger partial charge in [-0.1, -0.05) is 35.9 Å². The van der Waals surface area contributed by atoms with Gasteiger partial charge in [0.25, 0.3) is 5.91 Å². The van der Waals surface area contributed by atoms with Crippen molar-refractivity contribution in [2.45, 2.75) is 25.9 Å². The highest BCUT2D eigenvalue weighted by molar-refractivity contribution is 6.31. The van der Waals surface area contributed by atoms with Crippen LogP contribution in [0.4, 0.5) is 5.69 Å². The Morgan fingerprint density at radius 1 is 1.26 bits per heavy atom. The minimum absolute atomic E-state index is 0.334. The van der Waals surface area contributed by atoms with Crippen LogP contribution >= 0.6 is 11.6 Å². The topological polar surface area (TPSA) is 55.4 Å². The van der Waals surface area contributed by atoms with Gasteiger partial charge in [-0.25, -0.2) is 4.79 Å². The molecule has 0 spiro atoms. The molecule has 0 radical (unpaired) electrons. The molecule has 0 saturated heterocycles. The van der Waals surface area contributed by atoms with Gasteiger partial charge in [-0.15, -0.1) is 0 Å². The number of rotatable bonds is 2. The Labute approximate surface area is 139 Å². The lowest BCUT2D eigenvalue weighted by molar-refractivity contribution is -0.134. The van der Waals surface area contributed by atoms with E-state index in [0.717, 1.165) is 11.1 Å². The molecule has 1 aliphatic rings. The Morgan fingerprint density at radius 3 is 2.78 bits per heavy atom. The summed E-state index contributed by atoms with van der Waals surface area (Å²) in [6, 6.07) is 12.4. The molecule has 2 aromatic carbocycles. The van der Waals surface area contributed by atoms with Crippen LogP contribution < -0.4 is 5.32 Å². The highest BCUT2D eigenvalue weighted by Gasteiger charge is 2.42. The fourth-order valence-electron chi connectivity index (χ4n) is 2.64. The second-order valence-corrected chi connectivity index (χ2v) is 6.30.